The summed E-state index contributed by atoms with van der Waals surface area (Å²) in [6, 6.07) is 0. The number of rotatable bonds is 7. The Bertz CT molecular complexity index is 283. The van der Waals surface area contributed by atoms with E-state index < -0.39 is 5.97 Å². The molecular formula is C14H25NO3. The largest absolute Gasteiger partial charge is 0.481 e. The zero-order chi connectivity index (χ0) is 13.5. The molecule has 0 radical (unpaired) electrons. The molecule has 0 saturated heterocycles. The lowest BCUT2D eigenvalue weighted by Gasteiger charge is -2.19. The normalized spacial score (nSPS) is 17.9. The van der Waals surface area contributed by atoms with E-state index in [1.807, 2.05) is 0 Å². The van der Waals surface area contributed by atoms with Crippen molar-refractivity contribution in [2.24, 2.45) is 17.8 Å². The highest BCUT2D eigenvalue weighted by Gasteiger charge is 2.23. The van der Waals surface area contributed by atoms with Crippen LogP contribution in [0, 0.1) is 17.8 Å². The predicted molar refractivity (Wildman–Crippen MR) is 70.2 cm³/mol. The number of carboxylic acids is 1. The van der Waals surface area contributed by atoms with Crippen molar-refractivity contribution in [3.63, 3.8) is 0 Å². The first-order valence-electron chi connectivity index (χ1n) is 6.98. The van der Waals surface area contributed by atoms with Crippen molar-refractivity contribution in [1.29, 1.82) is 0 Å². The molecular weight excluding hydrogens is 230 g/mol. The van der Waals surface area contributed by atoms with Crippen molar-refractivity contribution in [3.8, 4) is 0 Å². The van der Waals surface area contributed by atoms with E-state index in [9.17, 15) is 9.59 Å². The smallest absolute Gasteiger partial charge is 0.303 e. The second kappa shape index (κ2) is 7.39. The van der Waals surface area contributed by atoms with Crippen molar-refractivity contribution in [2.75, 3.05) is 6.54 Å². The molecule has 1 saturated carbocycles. The molecule has 1 fully saturated rings. The van der Waals surface area contributed by atoms with Gasteiger partial charge in [-0.15, -0.1) is 0 Å². The molecule has 0 aliphatic heterocycles. The molecule has 0 aromatic carbocycles. The molecule has 1 atom stereocenters. The van der Waals surface area contributed by atoms with Gasteiger partial charge in [0.05, 0.1) is 0 Å². The second-order valence-corrected chi connectivity index (χ2v) is 5.82. The minimum atomic E-state index is -0.782. The lowest BCUT2D eigenvalue weighted by molar-refractivity contribution is -0.138. The van der Waals surface area contributed by atoms with Crippen LogP contribution < -0.4 is 5.32 Å². The predicted octanol–water partition coefficient (Wildman–Crippen LogP) is 2.43. The van der Waals surface area contributed by atoms with Crippen LogP contribution in [0.2, 0.25) is 0 Å². The van der Waals surface area contributed by atoms with Gasteiger partial charge in [0.2, 0.25) is 5.91 Å². The van der Waals surface area contributed by atoms with Gasteiger partial charge in [0.15, 0.2) is 0 Å². The molecule has 0 spiro atoms. The van der Waals surface area contributed by atoms with Crippen molar-refractivity contribution < 1.29 is 14.7 Å². The van der Waals surface area contributed by atoms with Crippen LogP contribution in [0.25, 0.3) is 0 Å². The molecule has 2 N–H and O–H groups in total. The average molecular weight is 255 g/mol. The number of hydrogen-bond donors (Lipinski definition) is 2. The SMILES string of the molecule is CC(C)CC(CNC(=O)C1CCCC1)CC(=O)O. The van der Waals surface area contributed by atoms with Crippen molar-refractivity contribution >= 4 is 11.9 Å². The molecule has 1 aliphatic rings. The maximum atomic E-state index is 11.9. The molecule has 4 nitrogen and oxygen atoms in total. The van der Waals surface area contributed by atoms with Gasteiger partial charge >= 0.3 is 5.97 Å². The highest BCUT2D eigenvalue weighted by atomic mass is 16.4. The zero-order valence-corrected chi connectivity index (χ0v) is 11.4. The van der Waals surface area contributed by atoms with Gasteiger partial charge in [-0.1, -0.05) is 26.7 Å². The topological polar surface area (TPSA) is 66.4 Å². The number of carbonyl (C=O) groups excluding carboxylic acids is 1. The minimum absolute atomic E-state index is 0.0489. The number of carbonyl (C=O) groups is 2. The number of hydrogen-bond acceptors (Lipinski definition) is 2. The van der Waals surface area contributed by atoms with E-state index in [1.165, 1.54) is 0 Å². The average Bonchev–Trinajstić information content (AvgIpc) is 2.77. The molecule has 0 bridgehead atoms. The van der Waals surface area contributed by atoms with E-state index >= 15 is 0 Å². The fraction of sp³-hybridized carbons (Fsp3) is 0.857. The van der Waals surface area contributed by atoms with Gasteiger partial charge < -0.3 is 10.4 Å². The molecule has 0 aromatic rings. The van der Waals surface area contributed by atoms with Crippen LogP contribution in [0.3, 0.4) is 0 Å². The van der Waals surface area contributed by atoms with Crippen molar-refractivity contribution in [3.05, 3.63) is 0 Å². The van der Waals surface area contributed by atoms with Crippen LogP contribution in [0.4, 0.5) is 0 Å². The Morgan fingerprint density at radius 3 is 2.39 bits per heavy atom. The Hall–Kier alpha value is -1.06. The molecule has 1 aliphatic carbocycles. The van der Waals surface area contributed by atoms with Crippen molar-refractivity contribution in [1.82, 2.24) is 5.32 Å². The lowest BCUT2D eigenvalue weighted by Crippen LogP contribution is -2.34. The number of aliphatic carboxylic acids is 1. The highest BCUT2D eigenvalue weighted by molar-refractivity contribution is 5.78. The van der Waals surface area contributed by atoms with Gasteiger partial charge in [0.1, 0.15) is 0 Å². The quantitative estimate of drug-likeness (QED) is 0.734. The van der Waals surface area contributed by atoms with E-state index in [-0.39, 0.29) is 24.2 Å². The summed E-state index contributed by atoms with van der Waals surface area (Å²) in [7, 11) is 0. The van der Waals surface area contributed by atoms with Gasteiger partial charge in [-0.05, 0) is 31.1 Å². The fourth-order valence-corrected chi connectivity index (χ4v) is 2.73. The summed E-state index contributed by atoms with van der Waals surface area (Å²) in [5, 5.41) is 11.8. The molecule has 104 valence electrons. The van der Waals surface area contributed by atoms with Crippen LogP contribution in [0.5, 0.6) is 0 Å². The Morgan fingerprint density at radius 1 is 1.28 bits per heavy atom. The molecule has 1 amide bonds. The Labute approximate surface area is 109 Å². The molecule has 1 rings (SSSR count). The maximum Gasteiger partial charge on any atom is 0.303 e. The van der Waals surface area contributed by atoms with E-state index in [1.54, 1.807) is 0 Å². The zero-order valence-electron chi connectivity index (χ0n) is 11.4. The van der Waals surface area contributed by atoms with E-state index in [4.69, 9.17) is 5.11 Å². The van der Waals surface area contributed by atoms with Gasteiger partial charge in [0.25, 0.3) is 0 Å². The first-order chi connectivity index (χ1) is 8.49. The monoisotopic (exact) mass is 255 g/mol. The van der Waals surface area contributed by atoms with Gasteiger partial charge in [-0.25, -0.2) is 0 Å². The number of nitrogens with one attached hydrogen (secondary N) is 1. The van der Waals surface area contributed by atoms with Gasteiger partial charge in [-0.3, -0.25) is 9.59 Å². The molecule has 0 heterocycles. The third-order valence-corrected chi connectivity index (χ3v) is 3.56. The van der Waals surface area contributed by atoms with Crippen LogP contribution in [-0.2, 0) is 9.59 Å². The number of amides is 1. The maximum absolute atomic E-state index is 11.9. The summed E-state index contributed by atoms with van der Waals surface area (Å²) in [4.78, 5) is 22.6. The molecule has 1 unspecified atom stereocenters. The summed E-state index contributed by atoms with van der Waals surface area (Å²) in [5.74, 6) is 0.00234. The summed E-state index contributed by atoms with van der Waals surface area (Å²) >= 11 is 0. The van der Waals surface area contributed by atoms with Crippen LogP contribution >= 0.6 is 0 Å². The first-order valence-corrected chi connectivity index (χ1v) is 6.98. The Morgan fingerprint density at radius 2 is 1.89 bits per heavy atom. The summed E-state index contributed by atoms with van der Waals surface area (Å²) < 4.78 is 0. The van der Waals surface area contributed by atoms with Crippen LogP contribution in [-0.4, -0.2) is 23.5 Å². The second-order valence-electron chi connectivity index (χ2n) is 5.82. The third kappa shape index (κ3) is 5.52. The standard InChI is InChI=1S/C14H25NO3/c1-10(2)7-11(8-13(16)17)9-15-14(18)12-5-3-4-6-12/h10-12H,3-9H2,1-2H3,(H,15,18)(H,16,17). The third-order valence-electron chi connectivity index (χ3n) is 3.56. The minimum Gasteiger partial charge on any atom is -0.481 e. The lowest BCUT2D eigenvalue weighted by atomic mass is 9.94. The van der Waals surface area contributed by atoms with Crippen molar-refractivity contribution in [2.45, 2.75) is 52.4 Å². The van der Waals surface area contributed by atoms with E-state index in [0.29, 0.717) is 12.5 Å². The fourth-order valence-electron chi connectivity index (χ4n) is 2.73. The molecule has 0 aromatic heterocycles. The molecule has 4 heteroatoms. The van der Waals surface area contributed by atoms with Gasteiger partial charge in [-0.2, -0.15) is 0 Å². The first kappa shape index (κ1) is 15.0. The van der Waals surface area contributed by atoms with Crippen LogP contribution in [0.15, 0.2) is 0 Å². The summed E-state index contributed by atoms with van der Waals surface area (Å²) in [6.07, 6.45) is 5.24. The van der Waals surface area contributed by atoms with Crippen LogP contribution in [0.1, 0.15) is 52.4 Å². The highest BCUT2D eigenvalue weighted by Crippen LogP contribution is 2.25. The van der Waals surface area contributed by atoms with Gasteiger partial charge in [0, 0.05) is 18.9 Å². The van der Waals surface area contributed by atoms with E-state index in [0.717, 1.165) is 32.1 Å². The molecule has 18 heavy (non-hydrogen) atoms. The summed E-state index contributed by atoms with van der Waals surface area (Å²) in [5.41, 5.74) is 0. The van der Waals surface area contributed by atoms with E-state index in [2.05, 4.69) is 19.2 Å². The Balaban J connectivity index is 2.35. The Kier molecular flexibility index (Phi) is 6.16. The summed E-state index contributed by atoms with van der Waals surface area (Å²) in [6.45, 7) is 4.65. The number of carboxylic acid groups (broad SMARTS) is 1.